The zero-order valence-electron chi connectivity index (χ0n) is 14.2. The van der Waals surface area contributed by atoms with E-state index in [9.17, 15) is 9.59 Å². The van der Waals surface area contributed by atoms with Gasteiger partial charge in [0.05, 0.1) is 32.0 Å². The van der Waals surface area contributed by atoms with Gasteiger partial charge in [-0.1, -0.05) is 12.1 Å². The van der Waals surface area contributed by atoms with Crippen LogP contribution in [0.4, 0.5) is 0 Å². The maximum absolute atomic E-state index is 12.8. The number of aromatic nitrogens is 2. The molecule has 2 aromatic heterocycles. The molecule has 0 aliphatic heterocycles. The number of hydrogen-bond donors (Lipinski definition) is 0. The summed E-state index contributed by atoms with van der Waals surface area (Å²) in [4.78, 5) is 30.2. The molecule has 0 saturated heterocycles. The van der Waals surface area contributed by atoms with Crippen molar-refractivity contribution in [3.05, 3.63) is 57.0 Å². The van der Waals surface area contributed by atoms with Crippen molar-refractivity contribution >= 4 is 27.5 Å². The summed E-state index contributed by atoms with van der Waals surface area (Å²) in [5.74, 6) is 0.317. The zero-order valence-corrected chi connectivity index (χ0v) is 15.1. The van der Waals surface area contributed by atoms with Gasteiger partial charge in [-0.05, 0) is 37.1 Å². The van der Waals surface area contributed by atoms with Crippen molar-refractivity contribution in [1.29, 1.82) is 0 Å². The summed E-state index contributed by atoms with van der Waals surface area (Å²) >= 11 is 1.19. The minimum Gasteiger partial charge on any atom is -0.497 e. The van der Waals surface area contributed by atoms with Crippen LogP contribution >= 0.6 is 11.3 Å². The van der Waals surface area contributed by atoms with Gasteiger partial charge >= 0.3 is 5.97 Å². The Kier molecular flexibility index (Phi) is 4.85. The number of carbonyl (C=O) groups is 1. The number of nitrogens with zero attached hydrogens (tertiary/aromatic N) is 2. The Balaban J connectivity index is 2.03. The molecule has 0 atom stereocenters. The molecule has 0 aliphatic carbocycles. The van der Waals surface area contributed by atoms with Crippen molar-refractivity contribution in [3.63, 3.8) is 0 Å². The minimum atomic E-state index is -0.415. The average molecular weight is 358 g/mol. The van der Waals surface area contributed by atoms with Crippen molar-refractivity contribution in [1.82, 2.24) is 9.55 Å². The van der Waals surface area contributed by atoms with E-state index < -0.39 is 5.97 Å². The number of methoxy groups -OCH3 is 1. The highest BCUT2D eigenvalue weighted by molar-refractivity contribution is 7.20. The summed E-state index contributed by atoms with van der Waals surface area (Å²) in [6.07, 6.45) is 1.51. The van der Waals surface area contributed by atoms with Crippen LogP contribution in [-0.4, -0.2) is 29.2 Å². The molecular weight excluding hydrogens is 340 g/mol. The first-order valence-electron chi connectivity index (χ1n) is 7.83. The van der Waals surface area contributed by atoms with Crippen LogP contribution in [0.1, 0.15) is 27.7 Å². The van der Waals surface area contributed by atoms with Crippen molar-refractivity contribution < 1.29 is 14.3 Å². The number of hydrogen-bond acceptors (Lipinski definition) is 6. The molecule has 0 spiro atoms. The molecule has 7 heteroatoms. The van der Waals surface area contributed by atoms with Crippen LogP contribution in [0.5, 0.6) is 5.75 Å². The fraction of sp³-hybridized carbons (Fsp3) is 0.278. The van der Waals surface area contributed by atoms with Crippen LogP contribution in [0.3, 0.4) is 0 Å². The Morgan fingerprint density at radius 1 is 1.36 bits per heavy atom. The fourth-order valence-electron chi connectivity index (χ4n) is 2.63. The van der Waals surface area contributed by atoms with Crippen LogP contribution < -0.4 is 10.3 Å². The minimum absolute atomic E-state index is 0.169. The first-order chi connectivity index (χ1) is 12.0. The van der Waals surface area contributed by atoms with E-state index in [-0.39, 0.29) is 5.56 Å². The lowest BCUT2D eigenvalue weighted by Crippen LogP contribution is -2.21. The highest BCUT2D eigenvalue weighted by Crippen LogP contribution is 2.27. The standard InChI is InChI=1S/C18H18N2O4S/c1-4-24-18(22)15-11(2)14-16(25-15)19-10-20(17(14)21)9-12-6-5-7-13(8-12)23-3/h5-8,10H,4,9H2,1-3H3. The summed E-state index contributed by atoms with van der Waals surface area (Å²) in [6, 6.07) is 7.52. The number of aryl methyl sites for hydroxylation is 1. The molecule has 2 heterocycles. The van der Waals surface area contributed by atoms with Gasteiger partial charge in [-0.15, -0.1) is 11.3 Å². The van der Waals surface area contributed by atoms with Crippen molar-refractivity contribution in [2.75, 3.05) is 13.7 Å². The van der Waals surface area contributed by atoms with Gasteiger partial charge in [0, 0.05) is 0 Å². The molecular formula is C18H18N2O4S. The third-order valence-corrected chi connectivity index (χ3v) is 5.05. The van der Waals surface area contributed by atoms with Crippen LogP contribution in [0.2, 0.25) is 0 Å². The topological polar surface area (TPSA) is 70.4 Å². The Morgan fingerprint density at radius 3 is 2.88 bits per heavy atom. The molecule has 0 unspecified atom stereocenters. The van der Waals surface area contributed by atoms with Gasteiger partial charge in [0.2, 0.25) is 0 Å². The molecule has 0 aliphatic rings. The van der Waals surface area contributed by atoms with Crippen molar-refractivity contribution in [2.45, 2.75) is 20.4 Å². The van der Waals surface area contributed by atoms with Gasteiger partial charge in [-0.25, -0.2) is 9.78 Å². The number of carbonyl (C=O) groups excluding carboxylic acids is 1. The van der Waals surface area contributed by atoms with Crippen LogP contribution in [0.25, 0.3) is 10.2 Å². The van der Waals surface area contributed by atoms with Crippen LogP contribution in [0, 0.1) is 6.92 Å². The van der Waals surface area contributed by atoms with E-state index in [2.05, 4.69) is 4.98 Å². The first-order valence-corrected chi connectivity index (χ1v) is 8.65. The van der Waals surface area contributed by atoms with Gasteiger partial charge in [-0.3, -0.25) is 9.36 Å². The predicted molar refractivity (Wildman–Crippen MR) is 96.7 cm³/mol. The van der Waals surface area contributed by atoms with E-state index in [1.807, 2.05) is 24.3 Å². The fourth-order valence-corrected chi connectivity index (χ4v) is 3.66. The Bertz CT molecular complexity index is 990. The quantitative estimate of drug-likeness (QED) is 0.656. The molecule has 0 fully saturated rings. The lowest BCUT2D eigenvalue weighted by molar-refractivity contribution is 0.0531. The molecule has 130 valence electrons. The van der Waals surface area contributed by atoms with Crippen LogP contribution in [0.15, 0.2) is 35.4 Å². The second kappa shape index (κ2) is 7.06. The Morgan fingerprint density at radius 2 is 2.16 bits per heavy atom. The molecule has 3 rings (SSSR count). The van der Waals surface area contributed by atoms with Crippen molar-refractivity contribution in [3.8, 4) is 5.75 Å². The molecule has 0 N–H and O–H groups in total. The number of esters is 1. The second-order valence-electron chi connectivity index (χ2n) is 5.49. The largest absolute Gasteiger partial charge is 0.497 e. The second-order valence-corrected chi connectivity index (χ2v) is 6.49. The lowest BCUT2D eigenvalue weighted by atomic mass is 10.2. The Hall–Kier alpha value is -2.67. The van der Waals surface area contributed by atoms with Crippen molar-refractivity contribution in [2.24, 2.45) is 0 Å². The molecule has 1 aromatic carbocycles. The lowest BCUT2D eigenvalue weighted by Gasteiger charge is -2.07. The monoisotopic (exact) mass is 358 g/mol. The summed E-state index contributed by atoms with van der Waals surface area (Å²) in [5, 5.41) is 0.471. The summed E-state index contributed by atoms with van der Waals surface area (Å²) in [6.45, 7) is 4.17. The van der Waals surface area contributed by atoms with Gasteiger partial charge < -0.3 is 9.47 Å². The van der Waals surface area contributed by atoms with E-state index in [4.69, 9.17) is 9.47 Å². The van der Waals surface area contributed by atoms with Gasteiger partial charge in [0.1, 0.15) is 15.5 Å². The smallest absolute Gasteiger partial charge is 0.348 e. The molecule has 25 heavy (non-hydrogen) atoms. The molecule has 0 radical (unpaired) electrons. The maximum atomic E-state index is 12.8. The van der Waals surface area contributed by atoms with Gasteiger partial charge in [-0.2, -0.15) is 0 Å². The maximum Gasteiger partial charge on any atom is 0.348 e. The molecule has 3 aromatic rings. The first kappa shape index (κ1) is 17.2. The van der Waals surface area contributed by atoms with E-state index in [0.29, 0.717) is 33.8 Å². The van der Waals surface area contributed by atoms with E-state index in [1.54, 1.807) is 21.0 Å². The van der Waals surface area contributed by atoms with E-state index in [1.165, 1.54) is 22.2 Å². The highest BCUT2D eigenvalue weighted by atomic mass is 32.1. The zero-order chi connectivity index (χ0) is 18.0. The summed E-state index contributed by atoms with van der Waals surface area (Å²) < 4.78 is 11.8. The average Bonchev–Trinajstić information content (AvgIpc) is 2.95. The number of benzene rings is 1. The SMILES string of the molecule is CCOC(=O)c1sc2ncn(Cc3cccc(OC)c3)c(=O)c2c1C. The number of ether oxygens (including phenoxy) is 2. The van der Waals surface area contributed by atoms with Gasteiger partial charge in [0.15, 0.2) is 0 Å². The normalized spacial score (nSPS) is 10.8. The predicted octanol–water partition coefficient (Wildman–Crippen LogP) is 3.00. The molecule has 0 saturated carbocycles. The molecule has 0 bridgehead atoms. The number of rotatable bonds is 5. The van der Waals surface area contributed by atoms with Gasteiger partial charge in [0.25, 0.3) is 5.56 Å². The summed E-state index contributed by atoms with van der Waals surface area (Å²) in [7, 11) is 1.60. The third kappa shape index (κ3) is 3.28. The highest BCUT2D eigenvalue weighted by Gasteiger charge is 2.20. The molecule has 6 nitrogen and oxygen atoms in total. The third-order valence-electron chi connectivity index (χ3n) is 3.87. The Labute approximate surface area is 148 Å². The van der Waals surface area contributed by atoms with E-state index in [0.717, 1.165) is 11.3 Å². The summed E-state index contributed by atoms with van der Waals surface area (Å²) in [5.41, 5.74) is 1.38. The van der Waals surface area contributed by atoms with Crippen LogP contribution in [-0.2, 0) is 11.3 Å². The number of thiophene rings is 1. The molecule has 0 amide bonds. The number of fused-ring (bicyclic) bond motifs is 1. The van der Waals surface area contributed by atoms with E-state index >= 15 is 0 Å².